The van der Waals surface area contributed by atoms with E-state index >= 15 is 0 Å². The lowest BCUT2D eigenvalue weighted by molar-refractivity contribution is -0.384. The van der Waals surface area contributed by atoms with Crippen molar-refractivity contribution in [2.24, 2.45) is 7.05 Å². The number of nitro benzene ring substituents is 1. The normalized spacial score (nSPS) is 11.6. The Morgan fingerprint density at radius 3 is 2.52 bits per heavy atom. The second kappa shape index (κ2) is 10.7. The first-order valence-corrected chi connectivity index (χ1v) is 10.8. The monoisotopic (exact) mass is 472 g/mol. The van der Waals surface area contributed by atoms with Gasteiger partial charge in [-0.2, -0.15) is 0 Å². The molecule has 2 N–H and O–H groups in total. The minimum absolute atomic E-state index is 0.0308. The van der Waals surface area contributed by atoms with Crippen molar-refractivity contribution >= 4 is 35.0 Å². The quantitative estimate of drug-likeness (QED) is 0.277. The van der Waals surface area contributed by atoms with E-state index in [0.717, 1.165) is 0 Å². The number of carbonyl (C=O) groups is 2. The van der Waals surface area contributed by atoms with Crippen molar-refractivity contribution in [3.63, 3.8) is 0 Å². The predicted octanol–water partition coefficient (Wildman–Crippen LogP) is 3.30. The van der Waals surface area contributed by atoms with Crippen molar-refractivity contribution in [2.45, 2.75) is 30.3 Å². The standard InChI is InChI=1S/C21H21FN6O4S/c1-3-17(20(30)24-13-8-10-14(11-9-13)28(31)32)33-21-26-25-18(27(21)2)12-23-19(29)15-6-4-5-7-16(15)22/h4-11,17H,3,12H2,1-2H3,(H,23,29)(H,24,30). The average Bonchev–Trinajstić information content (AvgIpc) is 3.15. The lowest BCUT2D eigenvalue weighted by atomic mass is 10.2. The second-order valence-corrected chi connectivity index (χ2v) is 8.10. The molecule has 3 rings (SSSR count). The van der Waals surface area contributed by atoms with Gasteiger partial charge in [0.1, 0.15) is 5.82 Å². The number of anilines is 1. The molecule has 0 fully saturated rings. The van der Waals surface area contributed by atoms with Crippen LogP contribution in [-0.4, -0.2) is 36.8 Å². The van der Waals surface area contributed by atoms with Gasteiger partial charge < -0.3 is 15.2 Å². The number of halogens is 1. The molecule has 2 amide bonds. The van der Waals surface area contributed by atoms with E-state index < -0.39 is 21.9 Å². The Morgan fingerprint density at radius 2 is 1.88 bits per heavy atom. The zero-order valence-corrected chi connectivity index (χ0v) is 18.6. The van der Waals surface area contributed by atoms with Gasteiger partial charge in [-0.15, -0.1) is 10.2 Å². The molecule has 0 bridgehead atoms. The molecule has 1 unspecified atom stereocenters. The van der Waals surface area contributed by atoms with Crippen LogP contribution in [0, 0.1) is 15.9 Å². The number of hydrogen-bond acceptors (Lipinski definition) is 7. The Morgan fingerprint density at radius 1 is 1.18 bits per heavy atom. The molecule has 0 aliphatic heterocycles. The Hall–Kier alpha value is -3.80. The van der Waals surface area contributed by atoms with E-state index in [1.165, 1.54) is 54.2 Å². The number of nitrogens with one attached hydrogen (secondary N) is 2. The zero-order chi connectivity index (χ0) is 24.0. The van der Waals surface area contributed by atoms with E-state index in [1.54, 1.807) is 17.7 Å². The molecule has 0 aliphatic rings. The molecular weight excluding hydrogens is 451 g/mol. The van der Waals surface area contributed by atoms with Gasteiger partial charge in [0.25, 0.3) is 11.6 Å². The first kappa shape index (κ1) is 23.9. The maximum atomic E-state index is 13.8. The van der Waals surface area contributed by atoms with Gasteiger partial charge in [0.15, 0.2) is 11.0 Å². The van der Waals surface area contributed by atoms with Crippen LogP contribution in [0.1, 0.15) is 29.5 Å². The summed E-state index contributed by atoms with van der Waals surface area (Å²) in [5, 5.41) is 24.2. The van der Waals surface area contributed by atoms with Crippen LogP contribution in [0.4, 0.5) is 15.8 Å². The number of carbonyl (C=O) groups excluding carboxylic acids is 2. The van der Waals surface area contributed by atoms with Gasteiger partial charge in [-0.25, -0.2) is 4.39 Å². The molecule has 2 aromatic carbocycles. The maximum absolute atomic E-state index is 13.8. The highest BCUT2D eigenvalue weighted by atomic mass is 32.2. The molecule has 0 aliphatic carbocycles. The highest BCUT2D eigenvalue weighted by molar-refractivity contribution is 8.00. The molecule has 0 radical (unpaired) electrons. The number of non-ortho nitro benzene ring substituents is 1. The van der Waals surface area contributed by atoms with Crippen LogP contribution in [0.3, 0.4) is 0 Å². The number of rotatable bonds is 9. The number of benzene rings is 2. The lowest BCUT2D eigenvalue weighted by Crippen LogP contribution is -2.26. The van der Waals surface area contributed by atoms with E-state index in [2.05, 4.69) is 20.8 Å². The fourth-order valence-corrected chi connectivity index (χ4v) is 3.78. The average molecular weight is 473 g/mol. The highest BCUT2D eigenvalue weighted by Gasteiger charge is 2.22. The van der Waals surface area contributed by atoms with E-state index in [-0.39, 0.29) is 23.7 Å². The summed E-state index contributed by atoms with van der Waals surface area (Å²) in [6, 6.07) is 11.2. The molecule has 0 saturated carbocycles. The first-order chi connectivity index (χ1) is 15.8. The Bertz CT molecular complexity index is 1170. The number of nitrogens with zero attached hydrogens (tertiary/aromatic N) is 4. The number of hydrogen-bond donors (Lipinski definition) is 2. The SMILES string of the molecule is CCC(Sc1nnc(CNC(=O)c2ccccc2F)n1C)C(=O)Nc1ccc([N+](=O)[O-])cc1. The fourth-order valence-electron chi connectivity index (χ4n) is 2.84. The molecule has 1 aromatic heterocycles. The molecule has 33 heavy (non-hydrogen) atoms. The molecule has 0 spiro atoms. The first-order valence-electron chi connectivity index (χ1n) is 9.93. The summed E-state index contributed by atoms with van der Waals surface area (Å²) in [5.41, 5.74) is 0.311. The van der Waals surface area contributed by atoms with E-state index in [4.69, 9.17) is 0 Å². The van der Waals surface area contributed by atoms with Crippen molar-refractivity contribution in [3.05, 3.63) is 75.9 Å². The van der Waals surface area contributed by atoms with Crippen molar-refractivity contribution in [1.82, 2.24) is 20.1 Å². The van der Waals surface area contributed by atoms with Crippen molar-refractivity contribution in [3.8, 4) is 0 Å². The third-order valence-corrected chi connectivity index (χ3v) is 6.11. The third-order valence-electron chi connectivity index (χ3n) is 4.71. The summed E-state index contributed by atoms with van der Waals surface area (Å²) in [6.07, 6.45) is 0.496. The molecule has 1 atom stereocenters. The molecule has 0 saturated heterocycles. The van der Waals surface area contributed by atoms with Crippen LogP contribution in [-0.2, 0) is 18.4 Å². The molecule has 172 valence electrons. The van der Waals surface area contributed by atoms with Crippen molar-refractivity contribution in [1.29, 1.82) is 0 Å². The number of thioether (sulfide) groups is 1. The molecule has 3 aromatic rings. The van der Waals surface area contributed by atoms with Crippen molar-refractivity contribution in [2.75, 3.05) is 5.32 Å². The third kappa shape index (κ3) is 5.92. The topological polar surface area (TPSA) is 132 Å². The predicted molar refractivity (Wildman–Crippen MR) is 120 cm³/mol. The van der Waals surface area contributed by atoms with E-state index in [9.17, 15) is 24.1 Å². The minimum Gasteiger partial charge on any atom is -0.345 e. The number of amides is 2. The smallest absolute Gasteiger partial charge is 0.269 e. The van der Waals surface area contributed by atoms with Crippen LogP contribution in [0.15, 0.2) is 53.7 Å². The van der Waals surface area contributed by atoms with E-state index in [1.807, 2.05) is 6.92 Å². The fraction of sp³-hybridized carbons (Fsp3) is 0.238. The molecular formula is C21H21FN6O4S. The Labute approximate surface area is 192 Å². The number of aromatic nitrogens is 3. The molecule has 1 heterocycles. The van der Waals surface area contributed by atoms with Crippen LogP contribution < -0.4 is 10.6 Å². The second-order valence-electron chi connectivity index (χ2n) is 6.93. The Kier molecular flexibility index (Phi) is 7.72. The Balaban J connectivity index is 1.61. The van der Waals surface area contributed by atoms with Crippen LogP contribution >= 0.6 is 11.8 Å². The highest BCUT2D eigenvalue weighted by Crippen LogP contribution is 2.25. The van der Waals surface area contributed by atoms with Gasteiger partial charge >= 0.3 is 0 Å². The van der Waals surface area contributed by atoms with Crippen LogP contribution in [0.25, 0.3) is 0 Å². The summed E-state index contributed by atoms with van der Waals surface area (Å²) in [7, 11) is 1.70. The largest absolute Gasteiger partial charge is 0.345 e. The summed E-state index contributed by atoms with van der Waals surface area (Å²) >= 11 is 1.20. The maximum Gasteiger partial charge on any atom is 0.269 e. The van der Waals surface area contributed by atoms with Crippen LogP contribution in [0.2, 0.25) is 0 Å². The van der Waals surface area contributed by atoms with Gasteiger partial charge in [-0.05, 0) is 30.7 Å². The van der Waals surface area contributed by atoms with Gasteiger partial charge in [0.2, 0.25) is 5.91 Å². The molecule has 12 heteroatoms. The summed E-state index contributed by atoms with van der Waals surface area (Å²) in [5.74, 6) is -1.03. The van der Waals surface area contributed by atoms with Gasteiger partial charge in [0.05, 0.1) is 22.3 Å². The summed E-state index contributed by atoms with van der Waals surface area (Å²) in [4.78, 5) is 35.1. The summed E-state index contributed by atoms with van der Waals surface area (Å²) < 4.78 is 15.4. The van der Waals surface area contributed by atoms with Gasteiger partial charge in [-0.1, -0.05) is 30.8 Å². The van der Waals surface area contributed by atoms with Crippen molar-refractivity contribution < 1.29 is 18.9 Å². The van der Waals surface area contributed by atoms with E-state index in [0.29, 0.717) is 23.1 Å². The zero-order valence-electron chi connectivity index (χ0n) is 17.8. The molecule has 10 nitrogen and oxygen atoms in total. The van der Waals surface area contributed by atoms with Crippen LogP contribution in [0.5, 0.6) is 0 Å². The lowest BCUT2D eigenvalue weighted by Gasteiger charge is -2.14. The minimum atomic E-state index is -0.617. The van der Waals surface area contributed by atoms with Gasteiger partial charge in [-0.3, -0.25) is 19.7 Å². The summed E-state index contributed by atoms with van der Waals surface area (Å²) in [6.45, 7) is 1.88. The van der Waals surface area contributed by atoms with Gasteiger partial charge in [0, 0.05) is 24.9 Å². The number of nitro groups is 1.